The van der Waals surface area contributed by atoms with Crippen molar-refractivity contribution in [2.75, 3.05) is 6.54 Å². The molecule has 1 rings (SSSR count). The molecule has 72 valence electrons. The van der Waals surface area contributed by atoms with Crippen molar-refractivity contribution in [3.63, 3.8) is 0 Å². The van der Waals surface area contributed by atoms with E-state index in [0.29, 0.717) is 5.56 Å². The molecule has 0 aromatic heterocycles. The summed E-state index contributed by atoms with van der Waals surface area (Å²) in [4.78, 5) is 0. The molecule has 0 aliphatic rings. The molecule has 1 aromatic carbocycles. The summed E-state index contributed by atoms with van der Waals surface area (Å²) in [5.74, 6) is -0.768. The van der Waals surface area contributed by atoms with E-state index in [1.807, 2.05) is 6.92 Å². The molecular formula is C10H13F2N. The van der Waals surface area contributed by atoms with Crippen LogP contribution in [0.4, 0.5) is 8.78 Å². The summed E-state index contributed by atoms with van der Waals surface area (Å²) in [6, 6.07) is 3.35. The molecule has 0 aliphatic heterocycles. The molecule has 1 unspecified atom stereocenters. The van der Waals surface area contributed by atoms with Crippen molar-refractivity contribution < 1.29 is 8.78 Å². The largest absolute Gasteiger partial charge is 0.310 e. The maximum absolute atomic E-state index is 13.1. The number of hydrogen-bond donors (Lipinski definition) is 1. The van der Waals surface area contributed by atoms with E-state index < -0.39 is 5.82 Å². The van der Waals surface area contributed by atoms with E-state index in [-0.39, 0.29) is 11.9 Å². The van der Waals surface area contributed by atoms with Crippen LogP contribution in [-0.4, -0.2) is 6.54 Å². The molecule has 0 saturated heterocycles. The predicted molar refractivity (Wildman–Crippen MR) is 48.4 cm³/mol. The van der Waals surface area contributed by atoms with Crippen LogP contribution in [0.5, 0.6) is 0 Å². The van der Waals surface area contributed by atoms with Crippen molar-refractivity contribution in [3.8, 4) is 0 Å². The van der Waals surface area contributed by atoms with E-state index in [2.05, 4.69) is 5.32 Å². The SMILES string of the molecule is CCNC(C)c1cc(F)ccc1F. The van der Waals surface area contributed by atoms with E-state index >= 15 is 0 Å². The van der Waals surface area contributed by atoms with Crippen LogP contribution >= 0.6 is 0 Å². The summed E-state index contributed by atoms with van der Waals surface area (Å²) in [5, 5.41) is 3.02. The van der Waals surface area contributed by atoms with Gasteiger partial charge in [0.1, 0.15) is 11.6 Å². The van der Waals surface area contributed by atoms with Gasteiger partial charge in [-0.1, -0.05) is 6.92 Å². The lowest BCUT2D eigenvalue weighted by Crippen LogP contribution is -2.18. The number of hydrogen-bond acceptors (Lipinski definition) is 1. The van der Waals surface area contributed by atoms with Crippen molar-refractivity contribution in [1.82, 2.24) is 5.32 Å². The standard InChI is InChI=1S/C10H13F2N/c1-3-13-7(2)9-6-8(11)4-5-10(9)12/h4-7,13H,3H2,1-2H3. The summed E-state index contributed by atoms with van der Waals surface area (Å²) in [5.41, 5.74) is 0.377. The second kappa shape index (κ2) is 4.33. The van der Waals surface area contributed by atoms with Gasteiger partial charge in [-0.15, -0.1) is 0 Å². The van der Waals surface area contributed by atoms with Crippen molar-refractivity contribution in [3.05, 3.63) is 35.4 Å². The van der Waals surface area contributed by atoms with Gasteiger partial charge in [0.05, 0.1) is 0 Å². The highest BCUT2D eigenvalue weighted by Gasteiger charge is 2.10. The van der Waals surface area contributed by atoms with Crippen LogP contribution in [0.2, 0.25) is 0 Å². The molecule has 1 nitrogen and oxygen atoms in total. The Hall–Kier alpha value is -0.960. The number of halogens is 2. The third kappa shape index (κ3) is 2.49. The molecule has 1 aromatic rings. The minimum absolute atomic E-state index is 0.152. The molecule has 3 heteroatoms. The minimum Gasteiger partial charge on any atom is -0.310 e. The first-order valence-electron chi connectivity index (χ1n) is 4.33. The van der Waals surface area contributed by atoms with Crippen LogP contribution in [0.25, 0.3) is 0 Å². The Morgan fingerprint density at radius 1 is 1.38 bits per heavy atom. The first kappa shape index (κ1) is 10.1. The molecule has 1 atom stereocenters. The van der Waals surface area contributed by atoms with Gasteiger partial charge in [-0.25, -0.2) is 8.78 Å². The lowest BCUT2D eigenvalue weighted by Gasteiger charge is -2.13. The topological polar surface area (TPSA) is 12.0 Å². The number of benzene rings is 1. The Balaban J connectivity index is 2.91. The molecule has 0 heterocycles. The van der Waals surface area contributed by atoms with Crippen molar-refractivity contribution >= 4 is 0 Å². The Kier molecular flexibility index (Phi) is 3.37. The van der Waals surface area contributed by atoms with Crippen LogP contribution in [-0.2, 0) is 0 Å². The highest BCUT2D eigenvalue weighted by molar-refractivity contribution is 5.21. The lowest BCUT2D eigenvalue weighted by atomic mass is 10.1. The molecule has 0 fully saturated rings. The Bertz CT molecular complexity index is 286. The van der Waals surface area contributed by atoms with Crippen molar-refractivity contribution in [2.24, 2.45) is 0 Å². The fourth-order valence-electron chi connectivity index (χ4n) is 1.26. The smallest absolute Gasteiger partial charge is 0.128 e. The first-order chi connectivity index (χ1) is 6.15. The zero-order valence-corrected chi connectivity index (χ0v) is 7.77. The maximum Gasteiger partial charge on any atom is 0.128 e. The van der Waals surface area contributed by atoms with Crippen LogP contribution < -0.4 is 5.32 Å². The maximum atomic E-state index is 13.1. The molecule has 0 spiro atoms. The molecule has 13 heavy (non-hydrogen) atoms. The fourth-order valence-corrected chi connectivity index (χ4v) is 1.26. The summed E-state index contributed by atoms with van der Waals surface area (Å²) in [7, 11) is 0. The van der Waals surface area contributed by atoms with Crippen molar-refractivity contribution in [2.45, 2.75) is 19.9 Å². The highest BCUT2D eigenvalue weighted by Crippen LogP contribution is 2.17. The third-order valence-electron chi connectivity index (χ3n) is 1.93. The van der Waals surface area contributed by atoms with Crippen LogP contribution in [0, 0.1) is 11.6 Å². The van der Waals surface area contributed by atoms with Crippen molar-refractivity contribution in [1.29, 1.82) is 0 Å². The minimum atomic E-state index is -0.402. The van der Waals surface area contributed by atoms with E-state index in [1.54, 1.807) is 6.92 Å². The zero-order valence-electron chi connectivity index (χ0n) is 7.77. The van der Waals surface area contributed by atoms with E-state index in [1.165, 1.54) is 6.07 Å². The van der Waals surface area contributed by atoms with Gasteiger partial charge < -0.3 is 5.32 Å². The normalized spacial score (nSPS) is 12.9. The molecule has 0 radical (unpaired) electrons. The summed E-state index contributed by atoms with van der Waals surface area (Å²) >= 11 is 0. The highest BCUT2D eigenvalue weighted by atomic mass is 19.1. The monoisotopic (exact) mass is 185 g/mol. The van der Waals surface area contributed by atoms with Crippen LogP contribution in [0.3, 0.4) is 0 Å². The molecule has 1 N–H and O–H groups in total. The summed E-state index contributed by atoms with van der Waals surface area (Å²) < 4.78 is 25.9. The molecule has 0 bridgehead atoms. The summed E-state index contributed by atoms with van der Waals surface area (Å²) in [6.07, 6.45) is 0. The van der Waals surface area contributed by atoms with Gasteiger partial charge in [0.2, 0.25) is 0 Å². The number of rotatable bonds is 3. The van der Waals surface area contributed by atoms with Gasteiger partial charge in [-0.3, -0.25) is 0 Å². The predicted octanol–water partition coefficient (Wildman–Crippen LogP) is 2.64. The third-order valence-corrected chi connectivity index (χ3v) is 1.93. The Morgan fingerprint density at radius 2 is 2.08 bits per heavy atom. The van der Waals surface area contributed by atoms with E-state index in [0.717, 1.165) is 18.7 Å². The Morgan fingerprint density at radius 3 is 2.69 bits per heavy atom. The fraction of sp³-hybridized carbons (Fsp3) is 0.400. The first-order valence-corrected chi connectivity index (χ1v) is 4.33. The molecule has 0 aliphatic carbocycles. The second-order valence-electron chi connectivity index (χ2n) is 2.95. The Labute approximate surface area is 76.8 Å². The average Bonchev–Trinajstić information content (AvgIpc) is 2.09. The van der Waals surface area contributed by atoms with Gasteiger partial charge in [0.15, 0.2) is 0 Å². The van der Waals surface area contributed by atoms with Gasteiger partial charge in [-0.2, -0.15) is 0 Å². The quantitative estimate of drug-likeness (QED) is 0.763. The van der Waals surface area contributed by atoms with Gasteiger partial charge in [-0.05, 0) is 31.7 Å². The molecule has 0 amide bonds. The second-order valence-corrected chi connectivity index (χ2v) is 2.95. The van der Waals surface area contributed by atoms with Crippen LogP contribution in [0.15, 0.2) is 18.2 Å². The van der Waals surface area contributed by atoms with Gasteiger partial charge in [0, 0.05) is 11.6 Å². The van der Waals surface area contributed by atoms with E-state index in [9.17, 15) is 8.78 Å². The lowest BCUT2D eigenvalue weighted by molar-refractivity contribution is 0.529. The zero-order chi connectivity index (χ0) is 9.84. The van der Waals surface area contributed by atoms with E-state index in [4.69, 9.17) is 0 Å². The molecule has 0 saturated carbocycles. The van der Waals surface area contributed by atoms with Gasteiger partial charge >= 0.3 is 0 Å². The number of nitrogens with one attached hydrogen (secondary N) is 1. The average molecular weight is 185 g/mol. The van der Waals surface area contributed by atoms with Gasteiger partial charge in [0.25, 0.3) is 0 Å². The summed E-state index contributed by atoms with van der Waals surface area (Å²) in [6.45, 7) is 4.46. The molecular weight excluding hydrogens is 172 g/mol. The van der Waals surface area contributed by atoms with Crippen LogP contribution in [0.1, 0.15) is 25.5 Å².